The molecule has 0 bridgehead atoms. The number of carboxylic acid groups (broad SMARTS) is 1. The number of thioether (sulfide) groups is 1. The minimum absolute atomic E-state index is 0.181. The molecule has 0 heterocycles. The molecule has 0 radical (unpaired) electrons. The van der Waals surface area contributed by atoms with Gasteiger partial charge in [-0.15, -0.1) is 0 Å². The number of halogens is 1. The van der Waals surface area contributed by atoms with Crippen molar-refractivity contribution in [3.63, 3.8) is 0 Å². The lowest BCUT2D eigenvalue weighted by Gasteiger charge is -2.12. The van der Waals surface area contributed by atoms with Crippen LogP contribution in [-0.2, 0) is 16.1 Å². The van der Waals surface area contributed by atoms with Gasteiger partial charge < -0.3 is 15.7 Å². The smallest absolute Gasteiger partial charge is 0.326 e. The summed E-state index contributed by atoms with van der Waals surface area (Å²) < 4.78 is 0. The Morgan fingerprint density at radius 2 is 2.08 bits per heavy atom. The summed E-state index contributed by atoms with van der Waals surface area (Å²) in [5, 5.41) is 24.0. The third-order valence-electron chi connectivity index (χ3n) is 3.07. The van der Waals surface area contributed by atoms with E-state index < -0.39 is 17.9 Å². The van der Waals surface area contributed by atoms with E-state index in [0.717, 1.165) is 11.8 Å². The molecule has 0 fully saturated rings. The Morgan fingerprint density at radius 1 is 1.42 bits per heavy atom. The fourth-order valence-corrected chi connectivity index (χ4v) is 2.32. The molecule has 6 nitrogen and oxygen atoms in total. The van der Waals surface area contributed by atoms with Gasteiger partial charge in [0.05, 0.1) is 0 Å². The number of nitrogens with zero attached hydrogens (tertiary/aromatic N) is 1. The van der Waals surface area contributed by atoms with E-state index in [-0.39, 0.29) is 12.1 Å². The lowest BCUT2D eigenvalue weighted by atomic mass is 10.2. The van der Waals surface area contributed by atoms with E-state index in [1.54, 1.807) is 30.3 Å². The van der Waals surface area contributed by atoms with E-state index in [2.05, 4.69) is 10.6 Å². The molecule has 1 aromatic rings. The molecular formula is C16H18ClN3O3S. The standard InChI is InChI=1S/C16H18ClN3O3S/c1-24-7-6-14(16(22)23)19-10-12(8-18)15(21)20-9-11-2-4-13(17)5-3-11/h2-5,10,14,19H,6-7,9H2,1H3,(H,20,21)(H,22,23)/b12-10-. The Bertz CT molecular complexity index is 641. The maximum absolute atomic E-state index is 12.0. The van der Waals surface area contributed by atoms with Crippen LogP contribution in [0.25, 0.3) is 0 Å². The van der Waals surface area contributed by atoms with Crippen LogP contribution in [-0.4, -0.2) is 35.0 Å². The molecule has 0 aromatic heterocycles. The predicted molar refractivity (Wildman–Crippen MR) is 94.6 cm³/mol. The van der Waals surface area contributed by atoms with Gasteiger partial charge >= 0.3 is 5.97 Å². The summed E-state index contributed by atoms with van der Waals surface area (Å²) in [6.45, 7) is 0.240. The minimum atomic E-state index is -1.03. The van der Waals surface area contributed by atoms with E-state index in [9.17, 15) is 9.59 Å². The first-order chi connectivity index (χ1) is 11.5. The molecule has 0 aliphatic carbocycles. The summed E-state index contributed by atoms with van der Waals surface area (Å²) in [4.78, 5) is 23.1. The number of benzene rings is 1. The molecule has 0 aliphatic heterocycles. The minimum Gasteiger partial charge on any atom is -0.480 e. The number of nitrogens with one attached hydrogen (secondary N) is 2. The Labute approximate surface area is 149 Å². The molecule has 1 aromatic carbocycles. The van der Waals surface area contributed by atoms with Gasteiger partial charge in [0, 0.05) is 17.8 Å². The number of aliphatic carboxylic acids is 1. The molecule has 1 amide bonds. The third kappa shape index (κ3) is 6.94. The Morgan fingerprint density at radius 3 is 2.62 bits per heavy atom. The van der Waals surface area contributed by atoms with Gasteiger partial charge in [-0.05, 0) is 36.1 Å². The van der Waals surface area contributed by atoms with Crippen molar-refractivity contribution in [2.45, 2.75) is 19.0 Å². The van der Waals surface area contributed by atoms with Crippen molar-refractivity contribution >= 4 is 35.2 Å². The number of nitriles is 1. The largest absolute Gasteiger partial charge is 0.480 e. The fourth-order valence-electron chi connectivity index (χ4n) is 1.73. The van der Waals surface area contributed by atoms with E-state index in [0.29, 0.717) is 17.2 Å². The molecule has 0 aliphatic rings. The van der Waals surface area contributed by atoms with Crippen molar-refractivity contribution in [3.8, 4) is 6.07 Å². The lowest BCUT2D eigenvalue weighted by Crippen LogP contribution is -2.35. The van der Waals surface area contributed by atoms with Gasteiger partial charge in [0.15, 0.2) is 0 Å². The van der Waals surface area contributed by atoms with Crippen LogP contribution in [0.4, 0.5) is 0 Å². The number of rotatable bonds is 9. The van der Waals surface area contributed by atoms with Crippen molar-refractivity contribution in [3.05, 3.63) is 46.6 Å². The average Bonchev–Trinajstić information content (AvgIpc) is 2.57. The second kappa shape index (κ2) is 10.6. The second-order valence-corrected chi connectivity index (χ2v) is 6.24. The van der Waals surface area contributed by atoms with E-state index in [4.69, 9.17) is 22.0 Å². The summed E-state index contributed by atoms with van der Waals surface area (Å²) in [7, 11) is 0. The Kier molecular flexibility index (Phi) is 8.76. The van der Waals surface area contributed by atoms with E-state index in [1.165, 1.54) is 11.8 Å². The molecule has 3 N–H and O–H groups in total. The van der Waals surface area contributed by atoms with Crippen LogP contribution < -0.4 is 10.6 Å². The van der Waals surface area contributed by atoms with Crippen molar-refractivity contribution in [2.75, 3.05) is 12.0 Å². The summed E-state index contributed by atoms with van der Waals surface area (Å²) in [6.07, 6.45) is 3.41. The first-order valence-electron chi connectivity index (χ1n) is 7.08. The maximum Gasteiger partial charge on any atom is 0.326 e. The van der Waals surface area contributed by atoms with Gasteiger partial charge in [0.2, 0.25) is 0 Å². The van der Waals surface area contributed by atoms with Crippen molar-refractivity contribution in [1.29, 1.82) is 5.26 Å². The number of hydrogen-bond donors (Lipinski definition) is 3. The monoisotopic (exact) mass is 367 g/mol. The van der Waals surface area contributed by atoms with Gasteiger partial charge in [-0.3, -0.25) is 4.79 Å². The summed E-state index contributed by atoms with van der Waals surface area (Å²) in [6, 6.07) is 7.86. The van der Waals surface area contributed by atoms with Gasteiger partial charge in [-0.1, -0.05) is 23.7 Å². The van der Waals surface area contributed by atoms with Crippen LogP contribution in [0.3, 0.4) is 0 Å². The molecule has 1 rings (SSSR count). The van der Waals surface area contributed by atoms with Gasteiger partial charge in [-0.25, -0.2) is 4.79 Å². The lowest BCUT2D eigenvalue weighted by molar-refractivity contribution is -0.139. The highest BCUT2D eigenvalue weighted by Gasteiger charge is 2.16. The Hall–Kier alpha value is -2.17. The maximum atomic E-state index is 12.0. The van der Waals surface area contributed by atoms with Crippen LogP contribution >= 0.6 is 23.4 Å². The quantitative estimate of drug-likeness (QED) is 0.456. The number of carboxylic acids is 1. The first-order valence-corrected chi connectivity index (χ1v) is 8.85. The molecule has 0 saturated heterocycles. The highest BCUT2D eigenvalue weighted by Crippen LogP contribution is 2.09. The molecule has 1 atom stereocenters. The van der Waals surface area contributed by atoms with Gasteiger partial charge in [-0.2, -0.15) is 17.0 Å². The number of amides is 1. The topological polar surface area (TPSA) is 102 Å². The summed E-state index contributed by atoms with van der Waals surface area (Å²) in [5.74, 6) is -0.948. The molecule has 1 unspecified atom stereocenters. The molecule has 0 spiro atoms. The Balaban J connectivity index is 2.62. The van der Waals surface area contributed by atoms with E-state index in [1.807, 2.05) is 6.26 Å². The zero-order valence-electron chi connectivity index (χ0n) is 13.1. The van der Waals surface area contributed by atoms with E-state index >= 15 is 0 Å². The third-order valence-corrected chi connectivity index (χ3v) is 3.96. The summed E-state index contributed by atoms with van der Waals surface area (Å²) in [5.41, 5.74) is 0.653. The SMILES string of the molecule is CSCCC(N/C=C(/C#N)C(=O)NCc1ccc(Cl)cc1)C(=O)O. The predicted octanol–water partition coefficient (Wildman–Crippen LogP) is 2.16. The van der Waals surface area contributed by atoms with Gasteiger partial charge in [0.1, 0.15) is 17.7 Å². The zero-order valence-corrected chi connectivity index (χ0v) is 14.7. The molecule has 0 saturated carbocycles. The fraction of sp³-hybridized carbons (Fsp3) is 0.312. The van der Waals surface area contributed by atoms with Crippen molar-refractivity contribution < 1.29 is 14.7 Å². The van der Waals surface area contributed by atoms with Crippen LogP contribution in [0.2, 0.25) is 5.02 Å². The highest BCUT2D eigenvalue weighted by atomic mass is 35.5. The average molecular weight is 368 g/mol. The van der Waals surface area contributed by atoms with Crippen molar-refractivity contribution in [2.24, 2.45) is 0 Å². The summed E-state index contributed by atoms with van der Waals surface area (Å²) >= 11 is 7.31. The number of carbonyl (C=O) groups excluding carboxylic acids is 1. The van der Waals surface area contributed by atoms with Crippen LogP contribution in [0.5, 0.6) is 0 Å². The molecule has 24 heavy (non-hydrogen) atoms. The van der Waals surface area contributed by atoms with Gasteiger partial charge in [0.25, 0.3) is 5.91 Å². The normalized spacial score (nSPS) is 12.1. The highest BCUT2D eigenvalue weighted by molar-refractivity contribution is 7.98. The molecule has 128 valence electrons. The van der Waals surface area contributed by atoms with Crippen LogP contribution in [0, 0.1) is 11.3 Å². The zero-order chi connectivity index (χ0) is 17.9. The molecular weight excluding hydrogens is 350 g/mol. The number of carbonyl (C=O) groups is 2. The first kappa shape index (κ1) is 19.9. The van der Waals surface area contributed by atoms with Crippen LogP contribution in [0.1, 0.15) is 12.0 Å². The van der Waals surface area contributed by atoms with Crippen LogP contribution in [0.15, 0.2) is 36.0 Å². The number of hydrogen-bond acceptors (Lipinski definition) is 5. The van der Waals surface area contributed by atoms with Crippen molar-refractivity contribution in [1.82, 2.24) is 10.6 Å². The molecule has 8 heteroatoms. The second-order valence-electron chi connectivity index (χ2n) is 4.82.